The van der Waals surface area contributed by atoms with Crippen LogP contribution >= 0.6 is 0 Å². The van der Waals surface area contributed by atoms with Gasteiger partial charge in [-0.05, 0) is 118 Å². The van der Waals surface area contributed by atoms with Gasteiger partial charge in [0.2, 0.25) is 5.91 Å². The molecule has 0 spiro atoms. The van der Waals surface area contributed by atoms with Crippen molar-refractivity contribution < 1.29 is 15.0 Å². The molecule has 0 radical (unpaired) electrons. The summed E-state index contributed by atoms with van der Waals surface area (Å²) in [4.78, 5) is 14.9. The second-order valence-corrected chi connectivity index (χ2v) is 13.8. The standard InChI is InChI=1S/C30H49NO3/c1-20(5-10-27(33)31-17-15-28(2,34)16-18-31)24-8-9-25-23-7-6-21-19-22(32)11-13-29(21,3)26(23)12-14-30(24,25)4/h6,20,22-26,32,34H,5,7-19H2,1-4H3/t20?,22-,23-,24+,25-,26-,29-,30+/m0/s1. The van der Waals surface area contributed by atoms with Crippen LogP contribution in [0, 0.1) is 40.4 Å². The lowest BCUT2D eigenvalue weighted by atomic mass is 9.47. The molecule has 1 unspecified atom stereocenters. The second kappa shape index (κ2) is 8.91. The third-order valence-electron chi connectivity index (χ3n) is 11.8. The Morgan fingerprint density at radius 1 is 1.06 bits per heavy atom. The minimum atomic E-state index is -0.597. The van der Waals surface area contributed by atoms with Crippen LogP contribution in [0.5, 0.6) is 0 Å². The van der Waals surface area contributed by atoms with Crippen LogP contribution in [0.25, 0.3) is 0 Å². The van der Waals surface area contributed by atoms with Gasteiger partial charge in [-0.2, -0.15) is 0 Å². The van der Waals surface area contributed by atoms with Gasteiger partial charge in [0.25, 0.3) is 0 Å². The molecule has 4 heteroatoms. The maximum atomic E-state index is 12.9. The molecule has 8 atom stereocenters. The van der Waals surface area contributed by atoms with Crippen molar-refractivity contribution in [1.29, 1.82) is 0 Å². The molecule has 2 N–H and O–H groups in total. The number of fused-ring (bicyclic) bond motifs is 5. The molecular weight excluding hydrogens is 422 g/mol. The monoisotopic (exact) mass is 471 g/mol. The SMILES string of the molecule is CC(CCC(=O)N1CCC(C)(O)CC1)[C@H]1CC[C@H]2[C@@H]3CC=C4C[C@@H](O)CC[C@]4(C)[C@H]3CC[C@]12C. The molecule has 3 saturated carbocycles. The first kappa shape index (κ1) is 24.8. The van der Waals surface area contributed by atoms with Crippen molar-refractivity contribution in [3.8, 4) is 0 Å². The van der Waals surface area contributed by atoms with Crippen LogP contribution < -0.4 is 0 Å². The molecule has 5 aliphatic rings. The van der Waals surface area contributed by atoms with Crippen molar-refractivity contribution in [2.75, 3.05) is 13.1 Å². The minimum Gasteiger partial charge on any atom is -0.393 e. The third kappa shape index (κ3) is 4.19. The zero-order valence-electron chi connectivity index (χ0n) is 22.2. The van der Waals surface area contributed by atoms with Crippen LogP contribution in [0.15, 0.2) is 11.6 Å². The summed E-state index contributed by atoms with van der Waals surface area (Å²) in [6.07, 6.45) is 15.1. The quantitative estimate of drug-likeness (QED) is 0.516. The van der Waals surface area contributed by atoms with Crippen molar-refractivity contribution in [2.24, 2.45) is 40.4 Å². The third-order valence-corrected chi connectivity index (χ3v) is 11.8. The highest BCUT2D eigenvalue weighted by Crippen LogP contribution is 2.67. The number of aliphatic hydroxyl groups excluding tert-OH is 1. The van der Waals surface area contributed by atoms with E-state index in [2.05, 4.69) is 26.8 Å². The number of nitrogens with zero attached hydrogens (tertiary/aromatic N) is 1. The van der Waals surface area contributed by atoms with E-state index in [-0.39, 0.29) is 6.10 Å². The fourth-order valence-corrected chi connectivity index (χ4v) is 9.57. The lowest BCUT2D eigenvalue weighted by molar-refractivity contribution is -0.135. The summed E-state index contributed by atoms with van der Waals surface area (Å²) in [5.74, 6) is 4.05. The molecule has 4 fully saturated rings. The smallest absolute Gasteiger partial charge is 0.222 e. The van der Waals surface area contributed by atoms with Crippen LogP contribution in [-0.2, 0) is 4.79 Å². The molecule has 4 aliphatic carbocycles. The van der Waals surface area contributed by atoms with E-state index < -0.39 is 5.60 Å². The lowest BCUT2D eigenvalue weighted by Gasteiger charge is -2.58. The average molecular weight is 472 g/mol. The van der Waals surface area contributed by atoms with Gasteiger partial charge in [-0.25, -0.2) is 0 Å². The average Bonchev–Trinajstić information content (AvgIpc) is 3.15. The van der Waals surface area contributed by atoms with Crippen molar-refractivity contribution >= 4 is 5.91 Å². The first-order chi connectivity index (χ1) is 16.0. The Kier molecular flexibility index (Phi) is 6.50. The normalized spacial score (nSPS) is 44.5. The van der Waals surface area contributed by atoms with E-state index in [0.29, 0.717) is 55.0 Å². The molecule has 0 aromatic carbocycles. The first-order valence-corrected chi connectivity index (χ1v) is 14.4. The highest BCUT2D eigenvalue weighted by molar-refractivity contribution is 5.76. The lowest BCUT2D eigenvalue weighted by Crippen LogP contribution is -2.50. The zero-order chi connectivity index (χ0) is 24.3. The van der Waals surface area contributed by atoms with Gasteiger partial charge < -0.3 is 15.1 Å². The van der Waals surface area contributed by atoms with E-state index in [0.717, 1.165) is 42.9 Å². The van der Waals surface area contributed by atoms with Gasteiger partial charge in [-0.15, -0.1) is 0 Å². The van der Waals surface area contributed by atoms with Gasteiger partial charge in [-0.1, -0.05) is 32.4 Å². The van der Waals surface area contributed by atoms with E-state index in [1.807, 2.05) is 11.8 Å². The topological polar surface area (TPSA) is 60.8 Å². The van der Waals surface area contributed by atoms with Crippen molar-refractivity contribution in [2.45, 2.75) is 116 Å². The Balaban J connectivity index is 1.22. The number of aliphatic hydroxyl groups is 2. The molecule has 0 aromatic heterocycles. The molecule has 34 heavy (non-hydrogen) atoms. The maximum Gasteiger partial charge on any atom is 0.222 e. The molecule has 1 saturated heterocycles. The summed E-state index contributed by atoms with van der Waals surface area (Å²) in [6, 6.07) is 0. The van der Waals surface area contributed by atoms with Gasteiger partial charge >= 0.3 is 0 Å². The van der Waals surface area contributed by atoms with E-state index in [1.165, 1.54) is 38.5 Å². The summed E-state index contributed by atoms with van der Waals surface area (Å²) < 4.78 is 0. The predicted molar refractivity (Wildman–Crippen MR) is 136 cm³/mol. The number of amides is 1. The van der Waals surface area contributed by atoms with E-state index in [4.69, 9.17) is 0 Å². The fraction of sp³-hybridized carbons (Fsp3) is 0.900. The fourth-order valence-electron chi connectivity index (χ4n) is 9.57. The molecule has 0 aromatic rings. The Hall–Kier alpha value is -0.870. The molecule has 5 rings (SSSR count). The summed E-state index contributed by atoms with van der Waals surface area (Å²) >= 11 is 0. The predicted octanol–water partition coefficient (Wildman–Crippen LogP) is 5.72. The molecule has 4 nitrogen and oxygen atoms in total. The summed E-state index contributed by atoms with van der Waals surface area (Å²) in [6.45, 7) is 10.8. The van der Waals surface area contributed by atoms with Crippen LogP contribution in [0.1, 0.15) is 105 Å². The van der Waals surface area contributed by atoms with Gasteiger partial charge in [-0.3, -0.25) is 4.79 Å². The van der Waals surface area contributed by atoms with Crippen molar-refractivity contribution in [3.05, 3.63) is 11.6 Å². The summed E-state index contributed by atoms with van der Waals surface area (Å²) in [7, 11) is 0. The number of carbonyl (C=O) groups is 1. The number of rotatable bonds is 4. The second-order valence-electron chi connectivity index (χ2n) is 13.8. The number of allylic oxidation sites excluding steroid dienone is 1. The molecular formula is C30H49NO3. The first-order valence-electron chi connectivity index (χ1n) is 14.4. The van der Waals surface area contributed by atoms with Crippen LogP contribution in [-0.4, -0.2) is 45.8 Å². The highest BCUT2D eigenvalue weighted by Gasteiger charge is 2.59. The number of hydrogen-bond acceptors (Lipinski definition) is 3. The Morgan fingerprint density at radius 3 is 2.53 bits per heavy atom. The van der Waals surface area contributed by atoms with E-state index in [9.17, 15) is 15.0 Å². The van der Waals surface area contributed by atoms with Gasteiger partial charge in [0, 0.05) is 19.5 Å². The number of hydrogen-bond donors (Lipinski definition) is 2. The van der Waals surface area contributed by atoms with Crippen molar-refractivity contribution in [1.82, 2.24) is 4.90 Å². The van der Waals surface area contributed by atoms with Gasteiger partial charge in [0.05, 0.1) is 11.7 Å². The van der Waals surface area contributed by atoms with Crippen LogP contribution in [0.2, 0.25) is 0 Å². The van der Waals surface area contributed by atoms with E-state index >= 15 is 0 Å². The molecule has 1 heterocycles. The molecule has 1 amide bonds. The highest BCUT2D eigenvalue weighted by atomic mass is 16.3. The number of carbonyl (C=O) groups excluding carboxylic acids is 1. The Labute approximate surface area is 207 Å². The van der Waals surface area contributed by atoms with Crippen LogP contribution in [0.3, 0.4) is 0 Å². The largest absolute Gasteiger partial charge is 0.393 e. The van der Waals surface area contributed by atoms with Crippen LogP contribution in [0.4, 0.5) is 0 Å². The van der Waals surface area contributed by atoms with Crippen molar-refractivity contribution in [3.63, 3.8) is 0 Å². The molecule has 1 aliphatic heterocycles. The summed E-state index contributed by atoms with van der Waals surface area (Å²) in [5, 5.41) is 20.5. The Morgan fingerprint density at radius 2 is 1.79 bits per heavy atom. The maximum absolute atomic E-state index is 12.9. The number of likely N-dealkylation sites (tertiary alicyclic amines) is 1. The van der Waals surface area contributed by atoms with Gasteiger partial charge in [0.1, 0.15) is 0 Å². The minimum absolute atomic E-state index is 0.123. The number of piperidine rings is 1. The molecule has 0 bridgehead atoms. The van der Waals surface area contributed by atoms with E-state index in [1.54, 1.807) is 5.57 Å². The van der Waals surface area contributed by atoms with Gasteiger partial charge in [0.15, 0.2) is 0 Å². The molecule has 192 valence electrons. The zero-order valence-corrected chi connectivity index (χ0v) is 22.2. The summed E-state index contributed by atoms with van der Waals surface area (Å²) in [5.41, 5.74) is 1.71. The Bertz CT molecular complexity index is 810.